The maximum absolute atomic E-state index is 9.79. The summed E-state index contributed by atoms with van der Waals surface area (Å²) in [4.78, 5) is 0. The Hall–Kier alpha value is -0.120. The molecule has 0 saturated heterocycles. The van der Waals surface area contributed by atoms with E-state index < -0.39 is 5.60 Å². The predicted molar refractivity (Wildman–Crippen MR) is 50.2 cm³/mol. The lowest BCUT2D eigenvalue weighted by molar-refractivity contribution is -0.0636. The zero-order valence-corrected chi connectivity index (χ0v) is 8.24. The average Bonchev–Trinajstić information content (AvgIpc) is 2.18. The average molecular weight is 188 g/mol. The summed E-state index contributed by atoms with van der Waals surface area (Å²) in [6.07, 6.45) is 3.77. The van der Waals surface area contributed by atoms with Crippen molar-refractivity contribution in [2.75, 3.05) is 13.2 Å². The number of rotatable bonds is 3. The van der Waals surface area contributed by atoms with Crippen LogP contribution in [0.15, 0.2) is 0 Å². The lowest BCUT2D eigenvalue weighted by atomic mass is 9.74. The van der Waals surface area contributed by atoms with Crippen molar-refractivity contribution in [3.05, 3.63) is 0 Å². The Labute approximate surface area is 79.4 Å². The first kappa shape index (κ1) is 11.0. The summed E-state index contributed by atoms with van der Waals surface area (Å²) < 4.78 is 0. The zero-order valence-electron chi connectivity index (χ0n) is 8.24. The summed E-state index contributed by atoms with van der Waals surface area (Å²) in [6, 6.07) is 0. The molecular formula is C10H20O3. The third kappa shape index (κ3) is 2.66. The minimum absolute atomic E-state index is 0.165. The number of aliphatic hydroxyl groups is 3. The van der Waals surface area contributed by atoms with Gasteiger partial charge in [0, 0.05) is 6.61 Å². The predicted octanol–water partition coefficient (Wildman–Crippen LogP) is 0.528. The van der Waals surface area contributed by atoms with E-state index in [0.29, 0.717) is 5.92 Å². The fraction of sp³-hybridized carbons (Fsp3) is 1.00. The zero-order chi connectivity index (χ0) is 9.90. The van der Waals surface area contributed by atoms with Crippen LogP contribution in [0.5, 0.6) is 0 Å². The van der Waals surface area contributed by atoms with Crippen molar-refractivity contribution < 1.29 is 15.3 Å². The van der Waals surface area contributed by atoms with Crippen LogP contribution in [0.1, 0.15) is 32.6 Å². The molecule has 0 bridgehead atoms. The smallest absolute Gasteiger partial charge is 0.0877 e. The van der Waals surface area contributed by atoms with Gasteiger partial charge in [-0.2, -0.15) is 0 Å². The highest BCUT2D eigenvalue weighted by atomic mass is 16.3. The molecule has 3 N–H and O–H groups in total. The molecule has 78 valence electrons. The van der Waals surface area contributed by atoms with Crippen molar-refractivity contribution >= 4 is 0 Å². The van der Waals surface area contributed by atoms with Gasteiger partial charge in [0.2, 0.25) is 0 Å². The summed E-state index contributed by atoms with van der Waals surface area (Å²) in [5.74, 6) is 0.603. The molecule has 1 atom stereocenters. The van der Waals surface area contributed by atoms with Gasteiger partial charge in [-0.1, -0.05) is 0 Å². The molecule has 0 aromatic heterocycles. The standard InChI is InChI=1S/C10H20O3/c1-10(13,7-12)9-4-2-8(6-11)3-5-9/h8-9,11-13H,2-7H2,1H3. The van der Waals surface area contributed by atoms with E-state index in [4.69, 9.17) is 10.2 Å². The Morgan fingerprint density at radius 1 is 1.15 bits per heavy atom. The molecule has 1 saturated carbocycles. The van der Waals surface area contributed by atoms with E-state index in [1.54, 1.807) is 6.92 Å². The number of aliphatic hydroxyl groups excluding tert-OH is 2. The SMILES string of the molecule is CC(O)(CO)C1CCC(CO)CC1. The molecule has 1 aliphatic carbocycles. The minimum Gasteiger partial charge on any atom is -0.396 e. The Morgan fingerprint density at radius 3 is 2.08 bits per heavy atom. The van der Waals surface area contributed by atoms with Gasteiger partial charge >= 0.3 is 0 Å². The lowest BCUT2D eigenvalue weighted by Crippen LogP contribution is -2.40. The van der Waals surface area contributed by atoms with Gasteiger partial charge in [-0.25, -0.2) is 0 Å². The van der Waals surface area contributed by atoms with E-state index in [2.05, 4.69) is 0 Å². The molecule has 0 aliphatic heterocycles. The molecule has 1 aliphatic rings. The van der Waals surface area contributed by atoms with E-state index in [-0.39, 0.29) is 19.1 Å². The molecule has 0 heterocycles. The second-order valence-electron chi connectivity index (χ2n) is 4.42. The van der Waals surface area contributed by atoms with Crippen LogP contribution in [0.25, 0.3) is 0 Å². The Balaban J connectivity index is 2.40. The second-order valence-corrected chi connectivity index (χ2v) is 4.42. The van der Waals surface area contributed by atoms with Gasteiger partial charge in [0.1, 0.15) is 0 Å². The van der Waals surface area contributed by atoms with Crippen LogP contribution in [-0.2, 0) is 0 Å². The van der Waals surface area contributed by atoms with Crippen LogP contribution in [-0.4, -0.2) is 34.1 Å². The van der Waals surface area contributed by atoms with E-state index in [9.17, 15) is 5.11 Å². The summed E-state index contributed by atoms with van der Waals surface area (Å²) in [5.41, 5.74) is -0.930. The second kappa shape index (κ2) is 4.40. The van der Waals surface area contributed by atoms with Gasteiger partial charge in [-0.3, -0.25) is 0 Å². The molecule has 3 heteroatoms. The van der Waals surface area contributed by atoms with Crippen molar-refractivity contribution in [3.63, 3.8) is 0 Å². The summed E-state index contributed by atoms with van der Waals surface area (Å²) >= 11 is 0. The van der Waals surface area contributed by atoms with Crippen molar-refractivity contribution in [3.8, 4) is 0 Å². The maximum Gasteiger partial charge on any atom is 0.0877 e. The third-order valence-corrected chi connectivity index (χ3v) is 3.30. The minimum atomic E-state index is -0.930. The Morgan fingerprint density at radius 2 is 1.69 bits per heavy atom. The van der Waals surface area contributed by atoms with Crippen molar-refractivity contribution in [1.82, 2.24) is 0 Å². The van der Waals surface area contributed by atoms with Gasteiger partial charge in [-0.05, 0) is 44.4 Å². The molecule has 0 aromatic rings. The van der Waals surface area contributed by atoms with Gasteiger partial charge in [-0.15, -0.1) is 0 Å². The first-order valence-electron chi connectivity index (χ1n) is 5.04. The lowest BCUT2D eigenvalue weighted by Gasteiger charge is -2.36. The fourth-order valence-electron chi connectivity index (χ4n) is 2.10. The van der Waals surface area contributed by atoms with Crippen LogP contribution in [0, 0.1) is 11.8 Å². The fourth-order valence-corrected chi connectivity index (χ4v) is 2.10. The van der Waals surface area contributed by atoms with E-state index in [1.807, 2.05) is 0 Å². The van der Waals surface area contributed by atoms with Crippen LogP contribution in [0.4, 0.5) is 0 Å². The van der Waals surface area contributed by atoms with Gasteiger partial charge in [0.25, 0.3) is 0 Å². The highest BCUT2D eigenvalue weighted by Crippen LogP contribution is 2.34. The first-order valence-corrected chi connectivity index (χ1v) is 5.04. The van der Waals surface area contributed by atoms with E-state index in [1.165, 1.54) is 0 Å². The Kier molecular flexibility index (Phi) is 3.71. The van der Waals surface area contributed by atoms with Gasteiger partial charge in [0.15, 0.2) is 0 Å². The molecule has 1 rings (SSSR count). The van der Waals surface area contributed by atoms with Crippen molar-refractivity contribution in [1.29, 1.82) is 0 Å². The molecule has 0 spiro atoms. The van der Waals surface area contributed by atoms with Crippen molar-refractivity contribution in [2.24, 2.45) is 11.8 Å². The first-order chi connectivity index (χ1) is 6.10. The molecule has 0 radical (unpaired) electrons. The molecule has 1 unspecified atom stereocenters. The summed E-state index contributed by atoms with van der Waals surface area (Å²) in [5, 5.41) is 27.7. The largest absolute Gasteiger partial charge is 0.396 e. The van der Waals surface area contributed by atoms with Crippen LogP contribution < -0.4 is 0 Å². The molecule has 0 aromatic carbocycles. The highest BCUT2D eigenvalue weighted by molar-refractivity contribution is 4.85. The topological polar surface area (TPSA) is 60.7 Å². The van der Waals surface area contributed by atoms with Crippen LogP contribution >= 0.6 is 0 Å². The number of hydrogen-bond acceptors (Lipinski definition) is 3. The van der Waals surface area contributed by atoms with E-state index in [0.717, 1.165) is 25.7 Å². The third-order valence-electron chi connectivity index (χ3n) is 3.30. The van der Waals surface area contributed by atoms with Crippen LogP contribution in [0.2, 0.25) is 0 Å². The molecule has 13 heavy (non-hydrogen) atoms. The number of hydrogen-bond donors (Lipinski definition) is 3. The molecule has 0 amide bonds. The molecule has 1 fully saturated rings. The summed E-state index contributed by atoms with van der Waals surface area (Å²) in [6.45, 7) is 1.78. The highest BCUT2D eigenvalue weighted by Gasteiger charge is 2.34. The normalized spacial score (nSPS) is 34.2. The summed E-state index contributed by atoms with van der Waals surface area (Å²) in [7, 11) is 0. The monoisotopic (exact) mass is 188 g/mol. The molecule has 3 nitrogen and oxygen atoms in total. The van der Waals surface area contributed by atoms with Gasteiger partial charge < -0.3 is 15.3 Å². The molecular weight excluding hydrogens is 168 g/mol. The van der Waals surface area contributed by atoms with Crippen molar-refractivity contribution in [2.45, 2.75) is 38.2 Å². The van der Waals surface area contributed by atoms with E-state index >= 15 is 0 Å². The Bertz CT molecular complexity index is 148. The van der Waals surface area contributed by atoms with Crippen LogP contribution in [0.3, 0.4) is 0 Å². The quantitative estimate of drug-likeness (QED) is 0.605. The maximum atomic E-state index is 9.79. The van der Waals surface area contributed by atoms with Gasteiger partial charge in [0.05, 0.1) is 12.2 Å².